The van der Waals surface area contributed by atoms with Gasteiger partial charge in [-0.05, 0) is 61.9 Å². The highest BCUT2D eigenvalue weighted by atomic mass is 16.1. The molecule has 2 aromatic rings. The summed E-state index contributed by atoms with van der Waals surface area (Å²) in [7, 11) is 1.65. The molecule has 1 aliphatic carbocycles. The van der Waals surface area contributed by atoms with Gasteiger partial charge in [-0.25, -0.2) is 0 Å². The average molecular weight is 393 g/mol. The van der Waals surface area contributed by atoms with Gasteiger partial charge in [-0.15, -0.1) is 0 Å². The fraction of sp³-hybridized carbons (Fsp3) is 0.417. The number of guanidine groups is 1. The van der Waals surface area contributed by atoms with Crippen LogP contribution in [0.4, 0.5) is 0 Å². The molecular weight excluding hydrogens is 360 g/mol. The molecular formula is C24H32N4O. The average Bonchev–Trinajstić information content (AvgIpc) is 3.53. The molecule has 0 aliphatic heterocycles. The number of carbonyl (C=O) groups excluding carboxylic acids is 1. The highest BCUT2D eigenvalue weighted by Crippen LogP contribution is 2.49. The summed E-state index contributed by atoms with van der Waals surface area (Å²) < 4.78 is 0. The molecule has 3 N–H and O–H groups in total. The molecule has 29 heavy (non-hydrogen) atoms. The van der Waals surface area contributed by atoms with Crippen LogP contribution >= 0.6 is 0 Å². The molecule has 1 amide bonds. The Morgan fingerprint density at radius 3 is 2.59 bits per heavy atom. The van der Waals surface area contributed by atoms with E-state index in [2.05, 4.69) is 60.1 Å². The molecule has 5 heteroatoms. The maximum Gasteiger partial charge on any atom is 0.251 e. The zero-order chi connectivity index (χ0) is 20.7. The van der Waals surface area contributed by atoms with E-state index in [0.29, 0.717) is 5.56 Å². The second kappa shape index (κ2) is 9.59. The predicted octanol–water partition coefficient (Wildman–Crippen LogP) is 3.18. The van der Waals surface area contributed by atoms with Crippen molar-refractivity contribution in [2.45, 2.75) is 38.5 Å². The summed E-state index contributed by atoms with van der Waals surface area (Å²) in [4.78, 5) is 16.7. The molecule has 2 aromatic carbocycles. The van der Waals surface area contributed by atoms with Gasteiger partial charge in [-0.2, -0.15) is 0 Å². The number of aryl methyl sites for hydroxylation is 1. The molecule has 1 aliphatic rings. The number of hydrogen-bond acceptors (Lipinski definition) is 2. The van der Waals surface area contributed by atoms with E-state index in [1.54, 1.807) is 7.05 Å². The van der Waals surface area contributed by atoms with E-state index in [4.69, 9.17) is 4.99 Å². The third-order valence-electron chi connectivity index (χ3n) is 5.58. The van der Waals surface area contributed by atoms with Crippen molar-refractivity contribution < 1.29 is 4.79 Å². The van der Waals surface area contributed by atoms with Crippen molar-refractivity contribution >= 4 is 11.9 Å². The summed E-state index contributed by atoms with van der Waals surface area (Å²) in [5.74, 6) is 0.801. The summed E-state index contributed by atoms with van der Waals surface area (Å²) in [6.45, 7) is 6.67. The van der Waals surface area contributed by atoms with E-state index in [1.165, 1.54) is 24.0 Å². The molecule has 0 saturated heterocycles. The standard InChI is InChI=1S/C24H32N4O/c1-4-26-23(27-15-12-19-9-7-10-20(16-19)22(29)25-3)28-17-24(13-14-24)21-11-6-5-8-18(21)2/h5-11,16H,4,12-15,17H2,1-3H3,(H,25,29)(H2,26,27,28). The Labute approximate surface area is 174 Å². The molecule has 3 rings (SSSR count). The minimum absolute atomic E-state index is 0.0550. The van der Waals surface area contributed by atoms with Gasteiger partial charge < -0.3 is 16.0 Å². The van der Waals surface area contributed by atoms with Crippen LogP contribution in [0.3, 0.4) is 0 Å². The summed E-state index contributed by atoms with van der Waals surface area (Å²) >= 11 is 0. The Balaban J connectivity index is 1.59. The van der Waals surface area contributed by atoms with E-state index in [-0.39, 0.29) is 11.3 Å². The molecule has 0 heterocycles. The lowest BCUT2D eigenvalue weighted by Gasteiger charge is -2.18. The number of rotatable bonds is 8. The first-order chi connectivity index (χ1) is 14.1. The maximum atomic E-state index is 11.8. The monoisotopic (exact) mass is 392 g/mol. The second-order valence-corrected chi connectivity index (χ2v) is 7.75. The lowest BCUT2D eigenvalue weighted by Crippen LogP contribution is -2.39. The van der Waals surface area contributed by atoms with Crippen molar-refractivity contribution in [1.29, 1.82) is 0 Å². The maximum absolute atomic E-state index is 11.8. The molecule has 0 spiro atoms. The number of nitrogens with one attached hydrogen (secondary N) is 3. The number of benzene rings is 2. The fourth-order valence-corrected chi connectivity index (χ4v) is 3.74. The van der Waals surface area contributed by atoms with Crippen molar-refractivity contribution in [2.24, 2.45) is 4.99 Å². The van der Waals surface area contributed by atoms with Gasteiger partial charge in [0.05, 0.1) is 6.54 Å². The van der Waals surface area contributed by atoms with E-state index >= 15 is 0 Å². The quantitative estimate of drug-likeness (QED) is 0.477. The molecule has 154 valence electrons. The van der Waals surface area contributed by atoms with Crippen LogP contribution in [0.5, 0.6) is 0 Å². The number of aliphatic imine (C=N–C) groups is 1. The summed E-state index contributed by atoms with van der Waals surface area (Å²) in [6.07, 6.45) is 3.23. The van der Waals surface area contributed by atoms with E-state index < -0.39 is 0 Å². The van der Waals surface area contributed by atoms with Gasteiger partial charge in [-0.3, -0.25) is 9.79 Å². The first-order valence-corrected chi connectivity index (χ1v) is 10.5. The molecule has 0 radical (unpaired) electrons. The number of amides is 1. The summed E-state index contributed by atoms with van der Waals surface area (Å²) in [6, 6.07) is 16.4. The van der Waals surface area contributed by atoms with Crippen LogP contribution in [-0.4, -0.2) is 38.5 Å². The van der Waals surface area contributed by atoms with Crippen LogP contribution in [0.25, 0.3) is 0 Å². The van der Waals surface area contributed by atoms with Gasteiger partial charge in [0.1, 0.15) is 0 Å². The number of hydrogen-bond donors (Lipinski definition) is 3. The zero-order valence-electron chi connectivity index (χ0n) is 17.7. The van der Waals surface area contributed by atoms with Crippen LogP contribution in [0.2, 0.25) is 0 Å². The number of nitrogens with zero attached hydrogens (tertiary/aromatic N) is 1. The van der Waals surface area contributed by atoms with Crippen molar-refractivity contribution in [3.05, 3.63) is 70.8 Å². The number of carbonyl (C=O) groups is 1. The first-order valence-electron chi connectivity index (χ1n) is 10.5. The van der Waals surface area contributed by atoms with Crippen LogP contribution < -0.4 is 16.0 Å². The smallest absolute Gasteiger partial charge is 0.251 e. The molecule has 1 fully saturated rings. The highest BCUT2D eigenvalue weighted by Gasteiger charge is 2.44. The van der Waals surface area contributed by atoms with Gasteiger partial charge in [0.25, 0.3) is 5.91 Å². The molecule has 1 saturated carbocycles. The van der Waals surface area contributed by atoms with Gasteiger partial charge in [-0.1, -0.05) is 36.4 Å². The molecule has 0 bridgehead atoms. The second-order valence-electron chi connectivity index (χ2n) is 7.75. The Kier molecular flexibility index (Phi) is 6.91. The van der Waals surface area contributed by atoms with Crippen LogP contribution in [-0.2, 0) is 11.8 Å². The lowest BCUT2D eigenvalue weighted by atomic mass is 9.92. The van der Waals surface area contributed by atoms with E-state index in [0.717, 1.165) is 37.6 Å². The summed E-state index contributed by atoms with van der Waals surface area (Å²) in [5, 5.41) is 9.46. The zero-order valence-corrected chi connectivity index (χ0v) is 17.7. The van der Waals surface area contributed by atoms with Crippen molar-refractivity contribution in [3.8, 4) is 0 Å². The van der Waals surface area contributed by atoms with Gasteiger partial charge >= 0.3 is 0 Å². The molecule has 0 unspecified atom stereocenters. The van der Waals surface area contributed by atoms with Crippen molar-refractivity contribution in [2.75, 3.05) is 26.7 Å². The van der Waals surface area contributed by atoms with Gasteiger partial charge in [0.15, 0.2) is 5.96 Å². The van der Waals surface area contributed by atoms with Crippen LogP contribution in [0.1, 0.15) is 46.8 Å². The predicted molar refractivity (Wildman–Crippen MR) is 120 cm³/mol. The third kappa shape index (κ3) is 5.37. The molecule has 0 aromatic heterocycles. The topological polar surface area (TPSA) is 65.5 Å². The lowest BCUT2D eigenvalue weighted by molar-refractivity contribution is 0.0963. The highest BCUT2D eigenvalue weighted by molar-refractivity contribution is 5.94. The SMILES string of the molecule is CCNC(=NCC1(c2ccccc2C)CC1)NCCc1cccc(C(=O)NC)c1. The fourth-order valence-electron chi connectivity index (χ4n) is 3.74. The largest absolute Gasteiger partial charge is 0.357 e. The minimum atomic E-state index is -0.0550. The Morgan fingerprint density at radius 2 is 1.90 bits per heavy atom. The van der Waals surface area contributed by atoms with E-state index in [9.17, 15) is 4.79 Å². The van der Waals surface area contributed by atoms with Gasteiger partial charge in [0.2, 0.25) is 0 Å². The molecule has 5 nitrogen and oxygen atoms in total. The Hall–Kier alpha value is -2.82. The van der Waals surface area contributed by atoms with Crippen molar-refractivity contribution in [1.82, 2.24) is 16.0 Å². The van der Waals surface area contributed by atoms with E-state index in [1.807, 2.05) is 18.2 Å². The van der Waals surface area contributed by atoms with Crippen LogP contribution in [0, 0.1) is 6.92 Å². The Bertz CT molecular complexity index is 871. The first kappa shape index (κ1) is 20.9. The van der Waals surface area contributed by atoms with Crippen LogP contribution in [0.15, 0.2) is 53.5 Å². The minimum Gasteiger partial charge on any atom is -0.357 e. The Morgan fingerprint density at radius 1 is 1.10 bits per heavy atom. The van der Waals surface area contributed by atoms with Crippen molar-refractivity contribution in [3.63, 3.8) is 0 Å². The normalized spacial score (nSPS) is 14.9. The third-order valence-corrected chi connectivity index (χ3v) is 5.58. The molecule has 0 atom stereocenters. The summed E-state index contributed by atoms with van der Waals surface area (Å²) in [5.41, 5.74) is 4.82. The van der Waals surface area contributed by atoms with Gasteiger partial charge in [0, 0.05) is 31.1 Å².